The number of unbranched alkanes of at least 4 members (excludes halogenated alkanes) is 1. The highest BCUT2D eigenvalue weighted by molar-refractivity contribution is 7.80. The molecule has 0 radical (unpaired) electrons. The Bertz CT molecular complexity index is 689. The molecule has 0 aromatic carbocycles. The van der Waals surface area contributed by atoms with E-state index in [1.54, 1.807) is 11.1 Å². The Hall–Kier alpha value is -2.39. The molecule has 228 valence electrons. The summed E-state index contributed by atoms with van der Waals surface area (Å²) < 4.78 is 5.55. The number of carboxylic acid groups (broad SMARTS) is 1. The van der Waals surface area contributed by atoms with Crippen molar-refractivity contribution in [3.05, 3.63) is 36.1 Å². The van der Waals surface area contributed by atoms with E-state index in [2.05, 4.69) is 38.7 Å². The van der Waals surface area contributed by atoms with E-state index in [9.17, 15) is 14.4 Å². The van der Waals surface area contributed by atoms with Crippen molar-refractivity contribution in [1.82, 2.24) is 10.2 Å². The zero-order valence-corrected chi connectivity index (χ0v) is 26.6. The van der Waals surface area contributed by atoms with Crippen molar-refractivity contribution in [3.8, 4) is 0 Å². The first kappa shape index (κ1) is 43.7. The number of allylic oxidation sites excluding steroid dienone is 3. The lowest BCUT2D eigenvalue weighted by Crippen LogP contribution is -2.37. The molecule has 0 aliphatic carbocycles. The molecular weight excluding hydrogens is 516 g/mol. The zero-order valence-electron chi connectivity index (χ0n) is 25.7. The fourth-order valence-corrected chi connectivity index (χ4v) is 2.97. The van der Waals surface area contributed by atoms with Gasteiger partial charge < -0.3 is 24.9 Å². The Morgan fingerprint density at radius 1 is 1.10 bits per heavy atom. The minimum Gasteiger partial charge on any atom is -0.481 e. The highest BCUT2D eigenvalue weighted by atomic mass is 32.1. The highest BCUT2D eigenvalue weighted by Crippen LogP contribution is 2.10. The van der Waals surface area contributed by atoms with Gasteiger partial charge in [-0.1, -0.05) is 59.3 Å². The third kappa shape index (κ3) is 33.6. The first-order valence-electron chi connectivity index (χ1n) is 14.1. The third-order valence-corrected chi connectivity index (χ3v) is 4.83. The van der Waals surface area contributed by atoms with Crippen LogP contribution in [-0.4, -0.2) is 66.1 Å². The van der Waals surface area contributed by atoms with E-state index in [0.29, 0.717) is 44.9 Å². The van der Waals surface area contributed by atoms with Crippen LogP contribution in [-0.2, 0) is 23.9 Å². The van der Waals surface area contributed by atoms with Gasteiger partial charge >= 0.3 is 0 Å². The molecule has 9 heteroatoms. The summed E-state index contributed by atoms with van der Waals surface area (Å²) in [5, 5.41) is 10.2. The summed E-state index contributed by atoms with van der Waals surface area (Å²) in [6.45, 7) is 17.6. The van der Waals surface area contributed by atoms with Crippen molar-refractivity contribution in [2.24, 2.45) is 5.92 Å². The van der Waals surface area contributed by atoms with Crippen LogP contribution in [0.1, 0.15) is 93.9 Å². The molecule has 0 bridgehead atoms. The lowest BCUT2D eigenvalue weighted by Gasteiger charge is -2.24. The van der Waals surface area contributed by atoms with E-state index in [1.807, 2.05) is 52.0 Å². The van der Waals surface area contributed by atoms with Gasteiger partial charge in [-0.05, 0) is 44.8 Å². The van der Waals surface area contributed by atoms with Gasteiger partial charge in [-0.3, -0.25) is 14.4 Å². The average Bonchev–Trinajstić information content (AvgIpc) is 2.91. The van der Waals surface area contributed by atoms with Crippen LogP contribution in [0.4, 0.5) is 0 Å². The van der Waals surface area contributed by atoms with E-state index >= 15 is 0 Å². The Labute approximate surface area is 243 Å². The van der Waals surface area contributed by atoms with Gasteiger partial charge in [0, 0.05) is 51.4 Å². The van der Waals surface area contributed by atoms with Crippen molar-refractivity contribution < 1.29 is 29.0 Å². The standard InChI is InChI=1S/C23H38N2O4S.C3H8.C2H4O2.C2H6/c1-4-7-10-20(18-29-17-5-2)12-14-24-22(27)11-8-9-15-25(6-3)23(28)21(19-30)13-16-26;1-3-2;1-2(3)4;1-2/h4,7,10,12,14,16,21,30H,5-6,8-9,11,13,15,17-19H2,1-3H3,(H,24,27);3H2,1-2H3;1H3,(H,3,4);1-2H3/b7-4+,14-12+,20-10+;;;. The number of thiol groups is 1. The van der Waals surface area contributed by atoms with Crippen LogP contribution >= 0.6 is 12.6 Å². The number of nitrogens with zero attached hydrogens (tertiary/aromatic N) is 1. The fourth-order valence-electron chi connectivity index (χ4n) is 2.66. The smallest absolute Gasteiger partial charge is 0.300 e. The first-order chi connectivity index (χ1) is 18.7. The number of ether oxygens (including phenoxy) is 1. The molecule has 8 nitrogen and oxygen atoms in total. The van der Waals surface area contributed by atoms with Crippen molar-refractivity contribution in [1.29, 1.82) is 0 Å². The lowest BCUT2D eigenvalue weighted by atomic mass is 10.1. The maximum Gasteiger partial charge on any atom is 0.300 e. The number of carbonyl (C=O) groups excluding carboxylic acids is 3. The van der Waals surface area contributed by atoms with Crippen LogP contribution in [0.2, 0.25) is 0 Å². The molecule has 2 N–H and O–H groups in total. The molecule has 0 aromatic heterocycles. The molecule has 39 heavy (non-hydrogen) atoms. The quantitative estimate of drug-likeness (QED) is 0.0824. The van der Waals surface area contributed by atoms with E-state index in [-0.39, 0.29) is 24.2 Å². The molecule has 2 amide bonds. The maximum atomic E-state index is 12.4. The molecule has 0 spiro atoms. The van der Waals surface area contributed by atoms with Crippen molar-refractivity contribution in [3.63, 3.8) is 0 Å². The van der Waals surface area contributed by atoms with Gasteiger partial charge in [0.2, 0.25) is 11.8 Å². The Balaban J connectivity index is -0.000000593. The SMILES string of the molecule is C/C=C/C=C(\C=C\NC(=O)CCCCN(CC)C(=O)C(CS)CC=O)COCCC.CC.CC(=O)O.CCC. The predicted octanol–water partition coefficient (Wildman–Crippen LogP) is 6.23. The number of aliphatic carboxylic acids is 1. The molecule has 1 unspecified atom stereocenters. The third-order valence-electron chi connectivity index (χ3n) is 4.39. The van der Waals surface area contributed by atoms with Gasteiger partial charge in [0.15, 0.2) is 0 Å². The summed E-state index contributed by atoms with van der Waals surface area (Å²) in [4.78, 5) is 45.9. The molecule has 0 aliphatic rings. The monoisotopic (exact) mass is 572 g/mol. The maximum absolute atomic E-state index is 12.4. The second-order valence-electron chi connectivity index (χ2n) is 8.10. The van der Waals surface area contributed by atoms with Gasteiger partial charge in [0.05, 0.1) is 12.5 Å². The van der Waals surface area contributed by atoms with Crippen molar-refractivity contribution >= 4 is 36.7 Å². The summed E-state index contributed by atoms with van der Waals surface area (Å²) >= 11 is 4.17. The molecule has 0 aliphatic heterocycles. The number of carbonyl (C=O) groups is 4. The van der Waals surface area contributed by atoms with Crippen molar-refractivity contribution in [2.75, 3.05) is 32.1 Å². The fraction of sp³-hybridized carbons (Fsp3) is 0.667. The lowest BCUT2D eigenvalue weighted by molar-refractivity contribution is -0.136. The summed E-state index contributed by atoms with van der Waals surface area (Å²) in [6.07, 6.45) is 14.3. The number of hydrogen-bond donors (Lipinski definition) is 3. The van der Waals surface area contributed by atoms with E-state index < -0.39 is 5.97 Å². The molecular formula is C30H56N2O6S. The predicted molar refractivity (Wildman–Crippen MR) is 166 cm³/mol. The second-order valence-corrected chi connectivity index (χ2v) is 8.47. The zero-order chi connectivity index (χ0) is 30.9. The number of rotatable bonds is 17. The van der Waals surface area contributed by atoms with Gasteiger partial charge in [-0.25, -0.2) is 0 Å². The number of nitrogens with one attached hydrogen (secondary N) is 1. The van der Waals surface area contributed by atoms with E-state index in [4.69, 9.17) is 14.6 Å². The normalized spacial score (nSPS) is 11.3. The molecule has 0 saturated heterocycles. The Morgan fingerprint density at radius 2 is 1.69 bits per heavy atom. The van der Waals surface area contributed by atoms with Crippen LogP contribution < -0.4 is 5.32 Å². The molecule has 0 heterocycles. The second kappa shape index (κ2) is 35.6. The Kier molecular flexibility index (Phi) is 39.9. The summed E-state index contributed by atoms with van der Waals surface area (Å²) in [7, 11) is 0. The van der Waals surface area contributed by atoms with Gasteiger partial charge in [-0.15, -0.1) is 0 Å². The van der Waals surface area contributed by atoms with Crippen LogP contribution in [0.5, 0.6) is 0 Å². The van der Waals surface area contributed by atoms with Crippen molar-refractivity contribution in [2.45, 2.75) is 93.9 Å². The Morgan fingerprint density at radius 3 is 2.15 bits per heavy atom. The average molecular weight is 573 g/mol. The summed E-state index contributed by atoms with van der Waals surface area (Å²) in [5.74, 6) is -0.950. The van der Waals surface area contributed by atoms with E-state index in [1.165, 1.54) is 6.42 Å². The van der Waals surface area contributed by atoms with Gasteiger partial charge in [-0.2, -0.15) is 12.6 Å². The van der Waals surface area contributed by atoms with Crippen LogP contribution in [0, 0.1) is 5.92 Å². The molecule has 0 rings (SSSR count). The molecule has 0 fully saturated rings. The largest absolute Gasteiger partial charge is 0.481 e. The van der Waals surface area contributed by atoms with Gasteiger partial charge in [0.1, 0.15) is 6.29 Å². The van der Waals surface area contributed by atoms with Crippen LogP contribution in [0.25, 0.3) is 0 Å². The summed E-state index contributed by atoms with van der Waals surface area (Å²) in [5.41, 5.74) is 0.980. The van der Waals surface area contributed by atoms with Gasteiger partial charge in [0.25, 0.3) is 5.97 Å². The summed E-state index contributed by atoms with van der Waals surface area (Å²) in [6, 6.07) is 0. The molecule has 0 saturated carbocycles. The highest BCUT2D eigenvalue weighted by Gasteiger charge is 2.21. The number of amides is 2. The molecule has 1 atom stereocenters. The topological polar surface area (TPSA) is 113 Å². The minimum absolute atomic E-state index is 0.0438. The first-order valence-corrected chi connectivity index (χ1v) is 14.7. The number of hydrogen-bond acceptors (Lipinski definition) is 6. The molecule has 0 aromatic rings. The number of carboxylic acids is 1. The van der Waals surface area contributed by atoms with E-state index in [0.717, 1.165) is 31.6 Å². The number of aldehydes is 1. The van der Waals surface area contributed by atoms with Crippen LogP contribution in [0.15, 0.2) is 36.1 Å². The van der Waals surface area contributed by atoms with Crippen LogP contribution in [0.3, 0.4) is 0 Å². The minimum atomic E-state index is -0.833.